The van der Waals surface area contributed by atoms with Crippen LogP contribution in [-0.2, 0) is 4.79 Å². The van der Waals surface area contributed by atoms with Crippen molar-refractivity contribution in [2.75, 3.05) is 6.54 Å². The summed E-state index contributed by atoms with van der Waals surface area (Å²) in [7, 11) is 0. The lowest BCUT2D eigenvalue weighted by Crippen LogP contribution is -2.34. The quantitative estimate of drug-likeness (QED) is 0.823. The Morgan fingerprint density at radius 2 is 2.00 bits per heavy atom. The maximum atomic E-state index is 11.5. The highest BCUT2D eigenvalue weighted by molar-refractivity contribution is 5.85. The lowest BCUT2D eigenvalue weighted by Gasteiger charge is -2.11. The van der Waals surface area contributed by atoms with Gasteiger partial charge in [-0.3, -0.25) is 4.79 Å². The Bertz CT molecular complexity index is 290. The Morgan fingerprint density at radius 1 is 1.40 bits per heavy atom. The number of nitrogens with two attached hydrogens (primary N) is 1. The summed E-state index contributed by atoms with van der Waals surface area (Å²) in [4.78, 5) is 11.5. The van der Waals surface area contributed by atoms with E-state index >= 15 is 0 Å². The summed E-state index contributed by atoms with van der Waals surface area (Å²) in [6, 6.07) is 8.82. The van der Waals surface area contributed by atoms with E-state index in [1.807, 2.05) is 37.3 Å². The van der Waals surface area contributed by atoms with Crippen molar-refractivity contribution in [2.45, 2.75) is 19.4 Å². The summed E-state index contributed by atoms with van der Waals surface area (Å²) >= 11 is 0. The van der Waals surface area contributed by atoms with Crippen LogP contribution in [-0.4, -0.2) is 12.5 Å². The number of nitrogens with one attached hydrogen (secondary N) is 1. The van der Waals surface area contributed by atoms with Crippen LogP contribution in [0.4, 0.5) is 0 Å². The molecule has 0 saturated carbocycles. The van der Waals surface area contributed by atoms with E-state index in [0.29, 0.717) is 6.54 Å². The molecule has 15 heavy (non-hydrogen) atoms. The molecule has 0 aliphatic rings. The molecule has 0 bridgehead atoms. The van der Waals surface area contributed by atoms with Crippen LogP contribution in [0.15, 0.2) is 30.3 Å². The molecule has 3 nitrogen and oxygen atoms in total. The molecular weight excluding hydrogens is 212 g/mol. The first-order valence-electron chi connectivity index (χ1n) is 4.84. The molecule has 3 N–H and O–H groups in total. The van der Waals surface area contributed by atoms with Crippen molar-refractivity contribution in [3.8, 4) is 0 Å². The van der Waals surface area contributed by atoms with Crippen LogP contribution in [0.1, 0.15) is 24.9 Å². The molecule has 0 saturated heterocycles. The number of hydrogen-bond acceptors (Lipinski definition) is 2. The summed E-state index contributed by atoms with van der Waals surface area (Å²) in [6.07, 6.45) is 0.924. The molecule has 0 aromatic heterocycles. The molecule has 84 valence electrons. The monoisotopic (exact) mass is 228 g/mol. The highest BCUT2D eigenvalue weighted by atomic mass is 35.5. The minimum absolute atomic E-state index is 0. The minimum atomic E-state index is -0.553. The van der Waals surface area contributed by atoms with Crippen LogP contribution in [0, 0.1) is 0 Å². The molecule has 1 atom stereocenters. The molecule has 1 amide bonds. The van der Waals surface area contributed by atoms with Gasteiger partial charge >= 0.3 is 0 Å². The number of halogens is 1. The zero-order valence-corrected chi connectivity index (χ0v) is 9.59. The van der Waals surface area contributed by atoms with Gasteiger partial charge in [0.05, 0.1) is 0 Å². The first-order chi connectivity index (χ1) is 6.75. The lowest BCUT2D eigenvalue weighted by atomic mass is 10.1. The van der Waals surface area contributed by atoms with E-state index in [1.165, 1.54) is 0 Å². The van der Waals surface area contributed by atoms with Crippen molar-refractivity contribution < 1.29 is 4.79 Å². The summed E-state index contributed by atoms with van der Waals surface area (Å²) in [5.41, 5.74) is 6.62. The van der Waals surface area contributed by atoms with Crippen LogP contribution >= 0.6 is 12.4 Å². The van der Waals surface area contributed by atoms with Gasteiger partial charge in [-0.05, 0) is 12.0 Å². The van der Waals surface area contributed by atoms with Crippen molar-refractivity contribution in [1.82, 2.24) is 5.32 Å². The van der Waals surface area contributed by atoms with Gasteiger partial charge in [0.15, 0.2) is 0 Å². The zero-order chi connectivity index (χ0) is 10.4. The molecule has 1 aromatic carbocycles. The molecule has 0 radical (unpaired) electrons. The van der Waals surface area contributed by atoms with E-state index in [-0.39, 0.29) is 18.3 Å². The molecule has 1 aromatic rings. The second-order valence-electron chi connectivity index (χ2n) is 3.18. The Morgan fingerprint density at radius 3 is 2.53 bits per heavy atom. The zero-order valence-electron chi connectivity index (χ0n) is 8.77. The first-order valence-corrected chi connectivity index (χ1v) is 4.84. The molecule has 0 aliphatic heterocycles. The van der Waals surface area contributed by atoms with Gasteiger partial charge in [0.1, 0.15) is 6.04 Å². The van der Waals surface area contributed by atoms with E-state index in [9.17, 15) is 4.79 Å². The number of amides is 1. The highest BCUT2D eigenvalue weighted by Crippen LogP contribution is 2.08. The molecule has 0 aliphatic carbocycles. The van der Waals surface area contributed by atoms with Gasteiger partial charge in [-0.15, -0.1) is 12.4 Å². The van der Waals surface area contributed by atoms with Crippen LogP contribution in [0.5, 0.6) is 0 Å². The molecule has 0 spiro atoms. The Hall–Kier alpha value is -1.06. The third-order valence-corrected chi connectivity index (χ3v) is 1.99. The Balaban J connectivity index is 0.00000196. The average Bonchev–Trinajstić information content (AvgIpc) is 2.26. The normalized spacial score (nSPS) is 11.3. The van der Waals surface area contributed by atoms with Gasteiger partial charge in [0.2, 0.25) is 5.91 Å². The maximum absolute atomic E-state index is 11.5. The predicted octanol–water partition coefficient (Wildman–Crippen LogP) is 1.63. The van der Waals surface area contributed by atoms with Crippen molar-refractivity contribution in [1.29, 1.82) is 0 Å². The van der Waals surface area contributed by atoms with E-state index < -0.39 is 6.04 Å². The molecule has 0 heterocycles. The summed E-state index contributed by atoms with van der Waals surface area (Å²) in [5, 5.41) is 2.77. The van der Waals surface area contributed by atoms with Gasteiger partial charge in [0, 0.05) is 6.54 Å². The fourth-order valence-electron chi connectivity index (χ4n) is 1.17. The van der Waals surface area contributed by atoms with E-state index in [4.69, 9.17) is 5.73 Å². The number of carbonyl (C=O) groups excluding carboxylic acids is 1. The van der Waals surface area contributed by atoms with Gasteiger partial charge in [-0.1, -0.05) is 37.3 Å². The van der Waals surface area contributed by atoms with E-state index in [1.54, 1.807) is 0 Å². The van der Waals surface area contributed by atoms with Crippen LogP contribution in [0.2, 0.25) is 0 Å². The van der Waals surface area contributed by atoms with Crippen LogP contribution in [0.25, 0.3) is 0 Å². The first kappa shape index (κ1) is 13.9. The highest BCUT2D eigenvalue weighted by Gasteiger charge is 2.13. The van der Waals surface area contributed by atoms with Gasteiger partial charge in [0.25, 0.3) is 0 Å². The Kier molecular flexibility index (Phi) is 6.75. The lowest BCUT2D eigenvalue weighted by molar-refractivity contribution is -0.122. The second-order valence-corrected chi connectivity index (χ2v) is 3.18. The largest absolute Gasteiger partial charge is 0.354 e. The molecule has 1 unspecified atom stereocenters. The van der Waals surface area contributed by atoms with Crippen LogP contribution < -0.4 is 11.1 Å². The smallest absolute Gasteiger partial charge is 0.241 e. The fourth-order valence-corrected chi connectivity index (χ4v) is 1.17. The predicted molar refractivity (Wildman–Crippen MR) is 63.9 cm³/mol. The number of carbonyl (C=O) groups is 1. The van der Waals surface area contributed by atoms with Crippen molar-refractivity contribution in [2.24, 2.45) is 5.73 Å². The van der Waals surface area contributed by atoms with Crippen LogP contribution in [0.3, 0.4) is 0 Å². The SMILES string of the molecule is CCCNC(=O)C(N)c1ccccc1.Cl. The van der Waals surface area contributed by atoms with E-state index in [2.05, 4.69) is 5.32 Å². The summed E-state index contributed by atoms with van der Waals surface area (Å²) in [6.45, 7) is 2.69. The standard InChI is InChI=1S/C11H16N2O.ClH/c1-2-8-13-11(14)10(12)9-6-4-3-5-7-9;/h3-7,10H,2,8,12H2,1H3,(H,13,14);1H. The average molecular weight is 229 g/mol. The molecule has 1 rings (SSSR count). The molecular formula is C11H17ClN2O. The Labute approximate surface area is 96.5 Å². The minimum Gasteiger partial charge on any atom is -0.354 e. The molecule has 0 fully saturated rings. The topological polar surface area (TPSA) is 55.1 Å². The summed E-state index contributed by atoms with van der Waals surface area (Å²) < 4.78 is 0. The third-order valence-electron chi connectivity index (χ3n) is 1.99. The van der Waals surface area contributed by atoms with Gasteiger partial charge in [-0.2, -0.15) is 0 Å². The van der Waals surface area contributed by atoms with Crippen molar-refractivity contribution >= 4 is 18.3 Å². The van der Waals surface area contributed by atoms with Gasteiger partial charge < -0.3 is 11.1 Å². The second kappa shape index (κ2) is 7.26. The number of benzene rings is 1. The van der Waals surface area contributed by atoms with Crippen molar-refractivity contribution in [3.05, 3.63) is 35.9 Å². The van der Waals surface area contributed by atoms with E-state index in [0.717, 1.165) is 12.0 Å². The molecule has 4 heteroatoms. The van der Waals surface area contributed by atoms with Crippen molar-refractivity contribution in [3.63, 3.8) is 0 Å². The summed E-state index contributed by atoms with van der Waals surface area (Å²) in [5.74, 6) is -0.113. The van der Waals surface area contributed by atoms with Gasteiger partial charge in [-0.25, -0.2) is 0 Å². The fraction of sp³-hybridized carbons (Fsp3) is 0.364. The maximum Gasteiger partial charge on any atom is 0.241 e. The number of rotatable bonds is 4. The number of hydrogen-bond donors (Lipinski definition) is 2. The third kappa shape index (κ3) is 4.32.